The molecule has 1 atom stereocenters. The summed E-state index contributed by atoms with van der Waals surface area (Å²) in [6.07, 6.45) is 2.38. The molecule has 1 amide bonds. The van der Waals surface area contributed by atoms with Crippen molar-refractivity contribution in [3.63, 3.8) is 0 Å². The lowest BCUT2D eigenvalue weighted by atomic mass is 10.1. The maximum absolute atomic E-state index is 12.0. The third-order valence-electron chi connectivity index (χ3n) is 3.27. The molecule has 3 rings (SSSR count). The van der Waals surface area contributed by atoms with Gasteiger partial charge in [-0.15, -0.1) is 0 Å². The minimum atomic E-state index is -0.480. The van der Waals surface area contributed by atoms with Gasteiger partial charge in [-0.25, -0.2) is 10.3 Å². The zero-order chi connectivity index (χ0) is 15.4. The SMILES string of the molecule is O=C(NO[C@@H]1CCCCO1)c1cc(-c2cccc(Cl)c2)on1. The number of aromatic nitrogens is 1. The molecule has 7 heteroatoms. The third kappa shape index (κ3) is 3.65. The van der Waals surface area contributed by atoms with E-state index in [0.717, 1.165) is 24.8 Å². The van der Waals surface area contributed by atoms with E-state index in [9.17, 15) is 4.79 Å². The van der Waals surface area contributed by atoms with E-state index in [4.69, 9.17) is 25.7 Å². The highest BCUT2D eigenvalue weighted by atomic mass is 35.5. The van der Waals surface area contributed by atoms with Gasteiger partial charge in [0.15, 0.2) is 17.7 Å². The molecule has 2 heterocycles. The number of nitrogens with zero attached hydrogens (tertiary/aromatic N) is 1. The second-order valence-electron chi connectivity index (χ2n) is 4.93. The summed E-state index contributed by atoms with van der Waals surface area (Å²) in [5.74, 6) is -0.0206. The molecule has 1 saturated heterocycles. The molecule has 0 spiro atoms. The lowest BCUT2D eigenvalue weighted by Gasteiger charge is -2.21. The van der Waals surface area contributed by atoms with Crippen LogP contribution in [0.15, 0.2) is 34.9 Å². The number of hydroxylamine groups is 1. The Balaban J connectivity index is 1.61. The summed E-state index contributed by atoms with van der Waals surface area (Å²) in [6, 6.07) is 8.64. The number of nitrogens with one attached hydrogen (secondary N) is 1. The molecule has 116 valence electrons. The highest BCUT2D eigenvalue weighted by molar-refractivity contribution is 6.30. The smallest absolute Gasteiger partial charge is 0.297 e. The summed E-state index contributed by atoms with van der Waals surface area (Å²) in [5.41, 5.74) is 3.21. The summed E-state index contributed by atoms with van der Waals surface area (Å²) in [4.78, 5) is 17.2. The fraction of sp³-hybridized carbons (Fsp3) is 0.333. The van der Waals surface area contributed by atoms with E-state index in [1.165, 1.54) is 6.07 Å². The van der Waals surface area contributed by atoms with Gasteiger partial charge in [0.1, 0.15) is 0 Å². The van der Waals surface area contributed by atoms with Crippen LogP contribution in [0.4, 0.5) is 0 Å². The summed E-state index contributed by atoms with van der Waals surface area (Å²) >= 11 is 5.92. The van der Waals surface area contributed by atoms with Gasteiger partial charge in [-0.1, -0.05) is 28.9 Å². The first-order chi connectivity index (χ1) is 10.7. The fourth-order valence-corrected chi connectivity index (χ4v) is 2.33. The molecule has 6 nitrogen and oxygen atoms in total. The van der Waals surface area contributed by atoms with Crippen molar-refractivity contribution in [2.75, 3.05) is 6.61 Å². The number of benzene rings is 1. The fourth-order valence-electron chi connectivity index (χ4n) is 2.14. The Bertz CT molecular complexity index is 652. The van der Waals surface area contributed by atoms with Crippen LogP contribution >= 0.6 is 11.6 Å². The molecular formula is C15H15ClN2O4. The third-order valence-corrected chi connectivity index (χ3v) is 3.51. The molecule has 0 saturated carbocycles. The van der Waals surface area contributed by atoms with Crippen LogP contribution in [0.5, 0.6) is 0 Å². The highest BCUT2D eigenvalue weighted by Crippen LogP contribution is 2.23. The van der Waals surface area contributed by atoms with Gasteiger partial charge in [0.05, 0.1) is 0 Å². The van der Waals surface area contributed by atoms with Crippen LogP contribution in [0.25, 0.3) is 11.3 Å². The van der Waals surface area contributed by atoms with Gasteiger partial charge in [0.2, 0.25) is 0 Å². The van der Waals surface area contributed by atoms with E-state index in [1.807, 2.05) is 6.07 Å². The second kappa shape index (κ2) is 6.91. The average molecular weight is 323 g/mol. The molecule has 22 heavy (non-hydrogen) atoms. The van der Waals surface area contributed by atoms with Crippen molar-refractivity contribution in [2.45, 2.75) is 25.6 Å². The minimum Gasteiger partial charge on any atom is -0.355 e. The molecule has 0 bridgehead atoms. The Labute approximate surface area is 132 Å². The number of hydrogen-bond donors (Lipinski definition) is 1. The standard InChI is InChI=1S/C15H15ClN2O4/c16-11-5-3-4-10(8-11)13-9-12(17-21-13)15(19)18-22-14-6-1-2-7-20-14/h3-5,8-9,14H,1-2,6-7H2,(H,18,19)/t14-/m1/s1. The van der Waals surface area contributed by atoms with E-state index in [-0.39, 0.29) is 5.69 Å². The Morgan fingerprint density at radius 2 is 2.27 bits per heavy atom. The lowest BCUT2D eigenvalue weighted by molar-refractivity contribution is -0.186. The number of rotatable bonds is 4. The summed E-state index contributed by atoms with van der Waals surface area (Å²) in [6.45, 7) is 0.642. The molecule has 0 radical (unpaired) electrons. The number of carbonyl (C=O) groups excluding carboxylic acids is 1. The largest absolute Gasteiger partial charge is 0.355 e. The molecule has 1 aromatic heterocycles. The molecule has 1 fully saturated rings. The first-order valence-corrected chi connectivity index (χ1v) is 7.40. The van der Waals surface area contributed by atoms with Crippen molar-refractivity contribution < 1.29 is 18.9 Å². The average Bonchev–Trinajstić information content (AvgIpc) is 3.04. The maximum Gasteiger partial charge on any atom is 0.297 e. The first kappa shape index (κ1) is 15.0. The van der Waals surface area contributed by atoms with Gasteiger partial charge in [-0.3, -0.25) is 4.79 Å². The number of hydrogen-bond acceptors (Lipinski definition) is 5. The van der Waals surface area contributed by atoms with Gasteiger partial charge in [0.25, 0.3) is 5.91 Å². The molecule has 1 aliphatic rings. The number of amides is 1. The normalized spacial score (nSPS) is 18.1. The Kier molecular flexibility index (Phi) is 4.72. The quantitative estimate of drug-likeness (QED) is 0.875. The Morgan fingerprint density at radius 3 is 3.05 bits per heavy atom. The molecule has 1 aliphatic heterocycles. The van der Waals surface area contributed by atoms with Gasteiger partial charge in [-0.2, -0.15) is 0 Å². The van der Waals surface area contributed by atoms with E-state index >= 15 is 0 Å². The Hall–Kier alpha value is -1.89. The van der Waals surface area contributed by atoms with Crippen LogP contribution in [0, 0.1) is 0 Å². The van der Waals surface area contributed by atoms with Gasteiger partial charge < -0.3 is 9.26 Å². The molecule has 1 N–H and O–H groups in total. The van der Waals surface area contributed by atoms with Crippen molar-refractivity contribution >= 4 is 17.5 Å². The van der Waals surface area contributed by atoms with Crippen LogP contribution in [0.3, 0.4) is 0 Å². The lowest BCUT2D eigenvalue weighted by Crippen LogP contribution is -2.33. The van der Waals surface area contributed by atoms with Gasteiger partial charge in [0, 0.05) is 29.7 Å². The van der Waals surface area contributed by atoms with Crippen LogP contribution in [0.1, 0.15) is 29.8 Å². The predicted molar refractivity (Wildman–Crippen MR) is 79.1 cm³/mol. The van der Waals surface area contributed by atoms with Crippen molar-refractivity contribution in [1.82, 2.24) is 10.6 Å². The number of halogens is 1. The zero-order valence-electron chi connectivity index (χ0n) is 11.8. The second-order valence-corrected chi connectivity index (χ2v) is 5.37. The van der Waals surface area contributed by atoms with Crippen molar-refractivity contribution in [2.24, 2.45) is 0 Å². The molecular weight excluding hydrogens is 308 g/mol. The summed E-state index contributed by atoms with van der Waals surface area (Å²) < 4.78 is 10.5. The first-order valence-electron chi connectivity index (χ1n) is 7.02. The summed E-state index contributed by atoms with van der Waals surface area (Å²) in [7, 11) is 0. The monoisotopic (exact) mass is 322 g/mol. The van der Waals surface area contributed by atoms with Crippen molar-refractivity contribution in [3.8, 4) is 11.3 Å². The van der Waals surface area contributed by atoms with E-state index < -0.39 is 12.2 Å². The molecule has 0 unspecified atom stereocenters. The van der Waals surface area contributed by atoms with E-state index in [0.29, 0.717) is 17.4 Å². The van der Waals surface area contributed by atoms with Gasteiger partial charge in [-0.05, 0) is 25.0 Å². The summed E-state index contributed by atoms with van der Waals surface area (Å²) in [5, 5.41) is 4.32. The molecule has 2 aromatic rings. The zero-order valence-corrected chi connectivity index (χ0v) is 12.5. The molecule has 0 aliphatic carbocycles. The highest BCUT2D eigenvalue weighted by Gasteiger charge is 2.18. The van der Waals surface area contributed by atoms with Crippen LogP contribution in [0.2, 0.25) is 5.02 Å². The van der Waals surface area contributed by atoms with Crippen LogP contribution < -0.4 is 5.48 Å². The number of ether oxygens (including phenoxy) is 1. The van der Waals surface area contributed by atoms with E-state index in [1.54, 1.807) is 18.2 Å². The van der Waals surface area contributed by atoms with Crippen molar-refractivity contribution in [3.05, 3.63) is 41.0 Å². The minimum absolute atomic E-state index is 0.130. The predicted octanol–water partition coefficient (Wildman–Crippen LogP) is 3.18. The van der Waals surface area contributed by atoms with Gasteiger partial charge >= 0.3 is 0 Å². The molecule has 1 aromatic carbocycles. The number of carbonyl (C=O) groups is 1. The van der Waals surface area contributed by atoms with Crippen molar-refractivity contribution in [1.29, 1.82) is 0 Å². The van der Waals surface area contributed by atoms with E-state index in [2.05, 4.69) is 10.6 Å². The maximum atomic E-state index is 12.0. The Morgan fingerprint density at radius 1 is 1.36 bits per heavy atom. The van der Waals surface area contributed by atoms with Crippen LogP contribution in [-0.4, -0.2) is 24.0 Å². The van der Waals surface area contributed by atoms with Crippen LogP contribution in [-0.2, 0) is 9.57 Å². The topological polar surface area (TPSA) is 73.6 Å².